The Kier molecular flexibility index (Phi) is 3.78. The zero-order valence-electron chi connectivity index (χ0n) is 13.1. The smallest absolute Gasteiger partial charge is 0.332 e. The fraction of sp³-hybridized carbons (Fsp3) is 0.467. The van der Waals surface area contributed by atoms with Gasteiger partial charge in [0.05, 0.1) is 0 Å². The first-order valence-corrected chi connectivity index (χ1v) is 7.49. The molecule has 23 heavy (non-hydrogen) atoms. The molecule has 1 fully saturated rings. The Hall–Kier alpha value is -2.82. The Balaban J connectivity index is 1.94. The molecule has 120 valence electrons. The first-order valence-electron chi connectivity index (χ1n) is 7.49. The predicted molar refractivity (Wildman–Crippen MR) is 84.4 cm³/mol. The summed E-state index contributed by atoms with van der Waals surface area (Å²) in [4.78, 5) is 26.3. The van der Waals surface area contributed by atoms with E-state index in [4.69, 9.17) is 0 Å². The van der Waals surface area contributed by atoms with E-state index in [1.54, 1.807) is 13.2 Å². The Morgan fingerprint density at radius 3 is 2.52 bits per heavy atom. The minimum absolute atomic E-state index is 0.0228. The first kappa shape index (κ1) is 15.1. The van der Waals surface area contributed by atoms with Gasteiger partial charge in [0.25, 0.3) is 5.56 Å². The molecule has 1 N–H and O–H groups in total. The zero-order chi connectivity index (χ0) is 16.6. The molecule has 0 aliphatic carbocycles. The SMILES string of the molecule is Cn1c(N2CCC(c3ccn[nH]3)CC2)c(C#N)c(=O)n(C)c1=O. The van der Waals surface area contributed by atoms with E-state index in [2.05, 4.69) is 10.2 Å². The Morgan fingerprint density at radius 2 is 1.96 bits per heavy atom. The lowest BCUT2D eigenvalue weighted by Crippen LogP contribution is -2.44. The average Bonchev–Trinajstić information content (AvgIpc) is 3.11. The highest BCUT2D eigenvalue weighted by Crippen LogP contribution is 2.29. The number of piperidine rings is 1. The van der Waals surface area contributed by atoms with Crippen LogP contribution in [0.5, 0.6) is 0 Å². The Morgan fingerprint density at radius 1 is 1.26 bits per heavy atom. The standard InChI is InChI=1S/C15H18N6O2/c1-19-13(11(9-16)14(22)20(2)15(19)23)21-7-4-10(5-8-21)12-3-6-17-18-12/h3,6,10H,4-5,7-8H2,1-2H3,(H,17,18). The normalized spacial score (nSPS) is 15.6. The van der Waals surface area contributed by atoms with Crippen LogP contribution in [-0.2, 0) is 14.1 Å². The average molecular weight is 314 g/mol. The van der Waals surface area contributed by atoms with Gasteiger partial charge in [-0.05, 0) is 18.9 Å². The highest BCUT2D eigenvalue weighted by atomic mass is 16.2. The third-order valence-electron chi connectivity index (χ3n) is 4.50. The van der Waals surface area contributed by atoms with Crippen molar-refractivity contribution in [2.45, 2.75) is 18.8 Å². The van der Waals surface area contributed by atoms with E-state index < -0.39 is 11.2 Å². The summed E-state index contributed by atoms with van der Waals surface area (Å²) in [5.74, 6) is 0.798. The van der Waals surface area contributed by atoms with E-state index in [9.17, 15) is 14.9 Å². The minimum atomic E-state index is -0.540. The van der Waals surface area contributed by atoms with Crippen LogP contribution in [-0.4, -0.2) is 32.4 Å². The number of nitrogens with zero attached hydrogens (tertiary/aromatic N) is 5. The Labute approximate surface area is 132 Å². The van der Waals surface area contributed by atoms with Gasteiger partial charge in [0.1, 0.15) is 11.9 Å². The molecule has 2 aromatic rings. The lowest BCUT2D eigenvalue weighted by molar-refractivity contribution is 0.485. The van der Waals surface area contributed by atoms with E-state index in [0.717, 1.165) is 23.1 Å². The molecular formula is C15H18N6O2. The molecule has 3 heterocycles. The summed E-state index contributed by atoms with van der Waals surface area (Å²) in [6.07, 6.45) is 3.48. The second-order valence-electron chi connectivity index (χ2n) is 5.79. The fourth-order valence-corrected chi connectivity index (χ4v) is 3.20. The van der Waals surface area contributed by atoms with Crippen molar-refractivity contribution in [1.82, 2.24) is 19.3 Å². The van der Waals surface area contributed by atoms with Gasteiger partial charge in [-0.1, -0.05) is 0 Å². The summed E-state index contributed by atoms with van der Waals surface area (Å²) in [7, 11) is 2.98. The van der Waals surface area contributed by atoms with Gasteiger partial charge in [-0.25, -0.2) is 4.79 Å². The topological polar surface area (TPSA) is 99.7 Å². The molecule has 0 amide bonds. The van der Waals surface area contributed by atoms with Crippen molar-refractivity contribution in [1.29, 1.82) is 5.26 Å². The molecule has 0 aromatic carbocycles. The van der Waals surface area contributed by atoms with Gasteiger partial charge < -0.3 is 4.90 Å². The van der Waals surface area contributed by atoms with Crippen molar-refractivity contribution in [2.24, 2.45) is 14.1 Å². The van der Waals surface area contributed by atoms with Crippen LogP contribution in [0.25, 0.3) is 0 Å². The summed E-state index contributed by atoms with van der Waals surface area (Å²) in [6.45, 7) is 1.36. The molecule has 3 rings (SSSR count). The van der Waals surface area contributed by atoms with Gasteiger partial charge in [-0.3, -0.25) is 19.0 Å². The Bertz CT molecular complexity index is 863. The maximum Gasteiger partial charge on any atom is 0.332 e. The van der Waals surface area contributed by atoms with Gasteiger partial charge >= 0.3 is 5.69 Å². The number of aromatic amines is 1. The number of H-pyrrole nitrogens is 1. The van der Waals surface area contributed by atoms with Crippen LogP contribution >= 0.6 is 0 Å². The highest BCUT2D eigenvalue weighted by Gasteiger charge is 2.26. The van der Waals surface area contributed by atoms with Crippen LogP contribution in [0.4, 0.5) is 5.82 Å². The third kappa shape index (κ3) is 2.44. The number of nitriles is 1. The zero-order valence-corrected chi connectivity index (χ0v) is 13.1. The molecule has 1 saturated heterocycles. The maximum atomic E-state index is 12.2. The summed E-state index contributed by atoms with van der Waals surface area (Å²) in [5.41, 5.74) is 0.165. The molecule has 8 heteroatoms. The number of anilines is 1. The van der Waals surface area contributed by atoms with E-state index in [1.165, 1.54) is 11.6 Å². The van der Waals surface area contributed by atoms with Crippen LogP contribution in [0, 0.1) is 11.3 Å². The quantitative estimate of drug-likeness (QED) is 0.845. The van der Waals surface area contributed by atoms with E-state index >= 15 is 0 Å². The van der Waals surface area contributed by atoms with Crippen molar-refractivity contribution in [3.8, 4) is 6.07 Å². The second-order valence-corrected chi connectivity index (χ2v) is 5.79. The van der Waals surface area contributed by atoms with Crippen molar-refractivity contribution >= 4 is 5.82 Å². The van der Waals surface area contributed by atoms with Crippen molar-refractivity contribution in [3.05, 3.63) is 44.4 Å². The molecule has 0 bridgehead atoms. The lowest BCUT2D eigenvalue weighted by atomic mass is 9.93. The van der Waals surface area contributed by atoms with Gasteiger partial charge in [0.2, 0.25) is 0 Å². The van der Waals surface area contributed by atoms with Crippen LogP contribution in [0.2, 0.25) is 0 Å². The van der Waals surface area contributed by atoms with E-state index in [0.29, 0.717) is 24.8 Å². The number of hydrogen-bond acceptors (Lipinski definition) is 5. The van der Waals surface area contributed by atoms with Gasteiger partial charge in [0.15, 0.2) is 5.56 Å². The number of rotatable bonds is 2. The van der Waals surface area contributed by atoms with Crippen LogP contribution in [0.15, 0.2) is 21.9 Å². The first-order chi connectivity index (χ1) is 11.0. The number of aromatic nitrogens is 4. The van der Waals surface area contributed by atoms with Crippen LogP contribution < -0.4 is 16.1 Å². The molecule has 0 spiro atoms. The molecule has 2 aromatic heterocycles. The van der Waals surface area contributed by atoms with E-state index in [-0.39, 0.29) is 5.56 Å². The summed E-state index contributed by atoms with van der Waals surface area (Å²) < 4.78 is 2.36. The molecular weight excluding hydrogens is 296 g/mol. The molecule has 8 nitrogen and oxygen atoms in total. The molecule has 1 aliphatic rings. The van der Waals surface area contributed by atoms with Crippen LogP contribution in [0.1, 0.15) is 30.0 Å². The fourth-order valence-electron chi connectivity index (χ4n) is 3.20. The lowest BCUT2D eigenvalue weighted by Gasteiger charge is -2.34. The molecule has 0 unspecified atom stereocenters. The number of nitrogens with one attached hydrogen (secondary N) is 1. The van der Waals surface area contributed by atoms with Gasteiger partial charge in [-0.15, -0.1) is 0 Å². The van der Waals surface area contributed by atoms with Crippen molar-refractivity contribution < 1.29 is 0 Å². The molecule has 0 saturated carbocycles. The van der Waals surface area contributed by atoms with Gasteiger partial charge in [-0.2, -0.15) is 10.4 Å². The largest absolute Gasteiger partial charge is 0.357 e. The number of hydrogen-bond donors (Lipinski definition) is 1. The maximum absolute atomic E-state index is 12.2. The van der Waals surface area contributed by atoms with Gasteiger partial charge in [0, 0.05) is 45.0 Å². The predicted octanol–water partition coefficient (Wildman–Crippen LogP) is 0.0628. The second kappa shape index (κ2) is 5.76. The minimum Gasteiger partial charge on any atom is -0.357 e. The molecule has 1 aliphatic heterocycles. The van der Waals surface area contributed by atoms with Crippen molar-refractivity contribution in [2.75, 3.05) is 18.0 Å². The highest BCUT2D eigenvalue weighted by molar-refractivity contribution is 5.53. The van der Waals surface area contributed by atoms with Crippen LogP contribution in [0.3, 0.4) is 0 Å². The van der Waals surface area contributed by atoms with E-state index in [1.807, 2.05) is 17.0 Å². The summed E-state index contributed by atoms with van der Waals surface area (Å²) in [5, 5.41) is 16.3. The van der Waals surface area contributed by atoms with Crippen molar-refractivity contribution in [3.63, 3.8) is 0 Å². The monoisotopic (exact) mass is 314 g/mol. The molecule has 0 radical (unpaired) electrons. The summed E-state index contributed by atoms with van der Waals surface area (Å²) in [6, 6.07) is 3.93. The molecule has 0 atom stereocenters. The third-order valence-corrected chi connectivity index (χ3v) is 4.50. The summed E-state index contributed by atoms with van der Waals surface area (Å²) >= 11 is 0.